The largest absolute Gasteiger partial charge is 0.367 e. The smallest absolute Gasteiger partial charge is 0.255 e. The van der Waals surface area contributed by atoms with E-state index in [9.17, 15) is 24.0 Å². The second kappa shape index (κ2) is 15.8. The molecule has 0 unspecified atom stereocenters. The van der Waals surface area contributed by atoms with Crippen molar-refractivity contribution >= 4 is 29.5 Å². The highest BCUT2D eigenvalue weighted by atomic mass is 16.2. The van der Waals surface area contributed by atoms with Gasteiger partial charge in [-0.05, 0) is 37.8 Å². The zero-order chi connectivity index (χ0) is 33.2. The molecule has 0 aliphatic carbocycles. The molecule has 5 N–H and O–H groups in total. The lowest BCUT2D eigenvalue weighted by Gasteiger charge is -2.27. The molecule has 0 saturated carbocycles. The van der Waals surface area contributed by atoms with Crippen LogP contribution in [0.3, 0.4) is 0 Å². The molecule has 1 aromatic carbocycles. The van der Waals surface area contributed by atoms with Gasteiger partial charge >= 0.3 is 0 Å². The lowest BCUT2D eigenvalue weighted by atomic mass is 10.0. The first kappa shape index (κ1) is 33.9. The van der Waals surface area contributed by atoms with Gasteiger partial charge in [-0.1, -0.05) is 44.2 Å². The highest BCUT2D eigenvalue weighted by Crippen LogP contribution is 2.21. The van der Waals surface area contributed by atoms with Crippen molar-refractivity contribution in [1.82, 2.24) is 45.9 Å². The Morgan fingerprint density at radius 2 is 1.74 bits per heavy atom. The zero-order valence-electron chi connectivity index (χ0n) is 26.7. The number of carbonyl (C=O) groups excluding carboxylic acids is 5. The van der Waals surface area contributed by atoms with Gasteiger partial charge < -0.3 is 31.2 Å². The molecular weight excluding hydrogens is 590 g/mol. The molecule has 14 nitrogen and oxygen atoms in total. The first-order valence-corrected chi connectivity index (χ1v) is 15.6. The summed E-state index contributed by atoms with van der Waals surface area (Å²) < 4.78 is 1.47. The lowest BCUT2D eigenvalue weighted by molar-refractivity contribution is -0.132. The summed E-state index contributed by atoms with van der Waals surface area (Å²) in [5, 5.41) is 15.8. The van der Waals surface area contributed by atoms with E-state index in [-0.39, 0.29) is 62.7 Å². The average molecular weight is 634 g/mol. The monoisotopic (exact) mass is 633 g/mol. The van der Waals surface area contributed by atoms with Gasteiger partial charge in [-0.15, -0.1) is 0 Å². The Kier molecular flexibility index (Phi) is 11.7. The Bertz CT molecular complexity index is 1500. The van der Waals surface area contributed by atoms with Gasteiger partial charge in [-0.3, -0.25) is 24.0 Å². The van der Waals surface area contributed by atoms with Crippen LogP contribution in [0.5, 0.6) is 0 Å². The molecule has 5 amide bonds. The predicted octanol–water partition coefficient (Wildman–Crippen LogP) is 1.01. The predicted molar refractivity (Wildman–Crippen MR) is 169 cm³/mol. The van der Waals surface area contributed by atoms with Crippen LogP contribution >= 0.6 is 0 Å². The van der Waals surface area contributed by atoms with Gasteiger partial charge in [-0.25, -0.2) is 9.67 Å². The molecule has 4 rings (SSSR count). The van der Waals surface area contributed by atoms with E-state index < -0.39 is 29.9 Å². The van der Waals surface area contributed by atoms with Gasteiger partial charge in [0.2, 0.25) is 23.6 Å². The van der Waals surface area contributed by atoms with Gasteiger partial charge in [0.25, 0.3) is 5.91 Å². The average Bonchev–Trinajstić information content (AvgIpc) is 3.68. The number of carbonyl (C=O) groups is 5. The quantitative estimate of drug-likeness (QED) is 0.284. The van der Waals surface area contributed by atoms with Gasteiger partial charge in [0.15, 0.2) is 5.82 Å². The zero-order valence-corrected chi connectivity index (χ0v) is 26.7. The van der Waals surface area contributed by atoms with E-state index >= 15 is 0 Å². The van der Waals surface area contributed by atoms with Crippen LogP contribution in [0.1, 0.15) is 67.2 Å². The SMILES string of the molecule is Cc1nc2n(n1)CC(=O)NCCN(C(=O)c1cc[nH]c1)CCCC(=O)N[C@@H](C)C(=O)N[C@H](Cc1ccccc1)C(=O)N[C@H]2C(C)C. The second-order valence-corrected chi connectivity index (χ2v) is 11.8. The van der Waals surface area contributed by atoms with E-state index in [0.29, 0.717) is 23.6 Å². The standard InChI is InChI=1S/C32H43N9O5/c1-20(2)28-29-36-22(4)39-41(29)19-27(43)34-14-16-40(32(46)24-12-13-33-18-24)15-8-11-26(42)35-21(3)30(44)37-25(31(45)38-28)17-23-9-6-5-7-10-23/h5-7,9-10,12-13,18,20-21,25,28,33H,8,11,14-17,19H2,1-4H3,(H,34,43)(H,35,42)(H,37,44)(H,38,45)/t21-,25+,28-/m0/s1. The van der Waals surface area contributed by atoms with Crippen LogP contribution in [0.2, 0.25) is 0 Å². The maximum atomic E-state index is 13.8. The summed E-state index contributed by atoms with van der Waals surface area (Å²) in [4.78, 5) is 75.1. The number of nitrogens with zero attached hydrogens (tertiary/aromatic N) is 4. The molecule has 0 radical (unpaired) electrons. The first-order chi connectivity index (χ1) is 22.0. The highest BCUT2D eigenvalue weighted by molar-refractivity contribution is 5.94. The number of aromatic amines is 1. The normalized spacial score (nSPS) is 21.1. The van der Waals surface area contributed by atoms with Crippen LogP contribution in [0.25, 0.3) is 0 Å². The number of hydrogen-bond acceptors (Lipinski definition) is 7. The summed E-state index contributed by atoms with van der Waals surface area (Å²) >= 11 is 0. The van der Waals surface area contributed by atoms with Gasteiger partial charge in [0.05, 0.1) is 11.6 Å². The first-order valence-electron chi connectivity index (χ1n) is 15.6. The molecule has 46 heavy (non-hydrogen) atoms. The number of rotatable bonds is 4. The van der Waals surface area contributed by atoms with E-state index in [0.717, 1.165) is 5.56 Å². The Labute approximate surface area is 268 Å². The number of hydrogen-bond donors (Lipinski definition) is 5. The van der Waals surface area contributed by atoms with E-state index in [1.54, 1.807) is 37.2 Å². The minimum absolute atomic E-state index is 0.0688. The van der Waals surface area contributed by atoms with E-state index in [2.05, 4.69) is 36.3 Å². The van der Waals surface area contributed by atoms with E-state index in [1.807, 2.05) is 44.2 Å². The molecule has 0 spiro atoms. The third-order valence-electron chi connectivity index (χ3n) is 7.70. The molecular formula is C32H43N9O5. The Balaban J connectivity index is 1.62. The number of aromatic nitrogens is 4. The molecule has 1 aliphatic rings. The van der Waals surface area contributed by atoms with Crippen LogP contribution in [0.4, 0.5) is 0 Å². The Morgan fingerprint density at radius 3 is 2.43 bits per heavy atom. The molecule has 3 atom stereocenters. The van der Waals surface area contributed by atoms with Gasteiger partial charge in [0.1, 0.15) is 24.5 Å². The van der Waals surface area contributed by atoms with E-state index in [1.165, 1.54) is 4.68 Å². The maximum absolute atomic E-state index is 13.8. The van der Waals surface area contributed by atoms with Gasteiger partial charge in [-0.2, -0.15) is 5.10 Å². The lowest BCUT2D eigenvalue weighted by Crippen LogP contribution is -2.54. The van der Waals surface area contributed by atoms with Crippen LogP contribution in [0.15, 0.2) is 48.8 Å². The molecule has 14 heteroatoms. The summed E-state index contributed by atoms with van der Waals surface area (Å²) in [6.07, 6.45) is 3.86. The molecule has 2 aromatic heterocycles. The molecule has 246 valence electrons. The van der Waals surface area contributed by atoms with Crippen molar-refractivity contribution in [2.45, 2.75) is 71.6 Å². The van der Waals surface area contributed by atoms with Crippen molar-refractivity contribution in [1.29, 1.82) is 0 Å². The van der Waals surface area contributed by atoms with Crippen molar-refractivity contribution in [3.8, 4) is 0 Å². The van der Waals surface area contributed by atoms with Crippen molar-refractivity contribution in [3.05, 3.63) is 71.6 Å². The number of H-pyrrole nitrogens is 1. The summed E-state index contributed by atoms with van der Waals surface area (Å²) in [5.74, 6) is -1.20. The Hall–Kier alpha value is -5.01. The van der Waals surface area contributed by atoms with Crippen LogP contribution in [-0.4, -0.2) is 85.9 Å². The number of benzene rings is 1. The fourth-order valence-corrected chi connectivity index (χ4v) is 5.24. The Morgan fingerprint density at radius 1 is 0.978 bits per heavy atom. The summed E-state index contributed by atoms with van der Waals surface area (Å²) in [5.41, 5.74) is 1.30. The van der Waals surface area contributed by atoms with Crippen molar-refractivity contribution < 1.29 is 24.0 Å². The summed E-state index contributed by atoms with van der Waals surface area (Å²) in [6.45, 7) is 7.59. The third-order valence-corrected chi connectivity index (χ3v) is 7.70. The fourth-order valence-electron chi connectivity index (χ4n) is 5.24. The molecule has 3 heterocycles. The summed E-state index contributed by atoms with van der Waals surface area (Å²) in [7, 11) is 0. The summed E-state index contributed by atoms with van der Waals surface area (Å²) in [6, 6.07) is 8.45. The van der Waals surface area contributed by atoms with Crippen molar-refractivity contribution in [2.24, 2.45) is 5.92 Å². The van der Waals surface area contributed by atoms with Crippen LogP contribution in [0, 0.1) is 12.8 Å². The molecule has 3 aromatic rings. The van der Waals surface area contributed by atoms with Crippen molar-refractivity contribution in [3.63, 3.8) is 0 Å². The minimum atomic E-state index is -0.963. The fraction of sp³-hybridized carbons (Fsp3) is 0.469. The molecule has 0 bridgehead atoms. The number of amides is 5. The number of nitrogens with one attached hydrogen (secondary N) is 5. The molecule has 0 saturated heterocycles. The molecule has 0 fully saturated rings. The van der Waals surface area contributed by atoms with Crippen LogP contribution in [-0.2, 0) is 32.1 Å². The third kappa shape index (κ3) is 9.25. The topological polar surface area (TPSA) is 183 Å². The van der Waals surface area contributed by atoms with E-state index in [4.69, 9.17) is 0 Å². The number of fused-ring (bicyclic) bond motifs is 1. The second-order valence-electron chi connectivity index (χ2n) is 11.8. The van der Waals surface area contributed by atoms with Gasteiger partial charge in [0, 0.05) is 44.9 Å². The number of aryl methyl sites for hydroxylation is 1. The highest BCUT2D eigenvalue weighted by Gasteiger charge is 2.31. The minimum Gasteiger partial charge on any atom is -0.367 e. The maximum Gasteiger partial charge on any atom is 0.255 e. The molecule has 1 aliphatic heterocycles. The van der Waals surface area contributed by atoms with Crippen molar-refractivity contribution in [2.75, 3.05) is 19.6 Å². The van der Waals surface area contributed by atoms with Crippen LogP contribution < -0.4 is 21.3 Å².